The average molecular weight is 294 g/mol. The van der Waals surface area contributed by atoms with Crippen LogP contribution in [-0.4, -0.2) is 36.0 Å². The number of benzene rings is 1. The number of carbonyl (C=O) groups is 1. The minimum absolute atomic E-state index is 0.0918. The minimum atomic E-state index is -0.467. The molecule has 6 heteroatoms. The molecule has 0 N–H and O–H groups in total. The van der Waals surface area contributed by atoms with Gasteiger partial charge in [0.2, 0.25) is 0 Å². The average Bonchev–Trinajstić information content (AvgIpc) is 2.97. The molecule has 0 atom stereocenters. The van der Waals surface area contributed by atoms with Gasteiger partial charge in [0, 0.05) is 31.6 Å². The second-order valence-corrected chi connectivity index (χ2v) is 5.19. The van der Waals surface area contributed by atoms with E-state index in [-0.39, 0.29) is 18.3 Å². The Bertz CT molecular complexity index is 560. The molecule has 0 spiro atoms. The van der Waals surface area contributed by atoms with Crippen LogP contribution in [-0.2, 0) is 11.2 Å². The molecule has 0 bridgehead atoms. The molecule has 0 aliphatic rings. The third-order valence-electron chi connectivity index (χ3n) is 2.76. The summed E-state index contributed by atoms with van der Waals surface area (Å²) in [6.07, 6.45) is 2.45. The molecule has 1 aromatic carbocycles. The lowest BCUT2D eigenvalue weighted by Gasteiger charge is -2.16. The number of halogens is 1. The number of thiazole rings is 1. The van der Waals surface area contributed by atoms with Crippen LogP contribution in [0.1, 0.15) is 5.01 Å². The van der Waals surface area contributed by atoms with Crippen molar-refractivity contribution >= 4 is 17.2 Å². The molecule has 1 heterocycles. The SMILES string of the molecule is CN(CCc1nccs1)C(=O)COc1ccccc1F. The van der Waals surface area contributed by atoms with Crippen molar-refractivity contribution in [2.75, 3.05) is 20.2 Å². The molecule has 0 aliphatic heterocycles. The number of aromatic nitrogens is 1. The number of carbonyl (C=O) groups excluding carboxylic acids is 1. The molecule has 0 aliphatic carbocycles. The highest BCUT2D eigenvalue weighted by molar-refractivity contribution is 7.09. The van der Waals surface area contributed by atoms with Crippen molar-refractivity contribution in [2.24, 2.45) is 0 Å². The predicted octanol–water partition coefficient (Wildman–Crippen LogP) is 2.36. The summed E-state index contributed by atoms with van der Waals surface area (Å²) < 4.78 is 18.5. The van der Waals surface area contributed by atoms with Gasteiger partial charge in [-0.2, -0.15) is 0 Å². The number of nitrogens with zero attached hydrogens (tertiary/aromatic N) is 2. The van der Waals surface area contributed by atoms with Gasteiger partial charge in [-0.05, 0) is 12.1 Å². The molecular formula is C14H15FN2O2S. The van der Waals surface area contributed by atoms with Crippen LogP contribution in [0.4, 0.5) is 4.39 Å². The van der Waals surface area contributed by atoms with Crippen molar-refractivity contribution in [1.29, 1.82) is 0 Å². The molecule has 0 saturated heterocycles. The fourth-order valence-electron chi connectivity index (χ4n) is 1.58. The normalized spacial score (nSPS) is 10.3. The van der Waals surface area contributed by atoms with Gasteiger partial charge in [-0.25, -0.2) is 9.37 Å². The summed E-state index contributed by atoms with van der Waals surface area (Å²) >= 11 is 1.56. The molecule has 1 aromatic heterocycles. The zero-order valence-electron chi connectivity index (χ0n) is 11.1. The van der Waals surface area contributed by atoms with E-state index in [1.165, 1.54) is 12.1 Å². The number of para-hydroxylation sites is 1. The highest BCUT2D eigenvalue weighted by Crippen LogP contribution is 2.15. The molecule has 4 nitrogen and oxygen atoms in total. The first-order valence-electron chi connectivity index (χ1n) is 6.16. The molecular weight excluding hydrogens is 279 g/mol. The molecule has 0 fully saturated rings. The minimum Gasteiger partial charge on any atom is -0.481 e. The van der Waals surface area contributed by atoms with Crippen LogP contribution in [0.25, 0.3) is 0 Å². The Labute approximate surface area is 120 Å². The lowest BCUT2D eigenvalue weighted by Crippen LogP contribution is -2.33. The van der Waals surface area contributed by atoms with Crippen molar-refractivity contribution in [3.05, 3.63) is 46.7 Å². The van der Waals surface area contributed by atoms with Crippen LogP contribution in [0.5, 0.6) is 5.75 Å². The fraction of sp³-hybridized carbons (Fsp3) is 0.286. The van der Waals surface area contributed by atoms with Gasteiger partial charge in [0.15, 0.2) is 18.2 Å². The maximum Gasteiger partial charge on any atom is 0.260 e. The van der Waals surface area contributed by atoms with Gasteiger partial charge in [0.05, 0.1) is 5.01 Å². The highest BCUT2D eigenvalue weighted by atomic mass is 32.1. The summed E-state index contributed by atoms with van der Waals surface area (Å²) in [5, 5.41) is 2.89. The van der Waals surface area contributed by atoms with E-state index in [9.17, 15) is 9.18 Å². The standard InChI is InChI=1S/C14H15FN2O2S/c1-17(8-6-13-16-7-9-20-13)14(18)10-19-12-5-3-2-4-11(12)15/h2-5,7,9H,6,8,10H2,1H3. The van der Waals surface area contributed by atoms with Crippen molar-refractivity contribution < 1.29 is 13.9 Å². The van der Waals surface area contributed by atoms with Crippen LogP contribution >= 0.6 is 11.3 Å². The van der Waals surface area contributed by atoms with E-state index in [4.69, 9.17) is 4.74 Å². The summed E-state index contributed by atoms with van der Waals surface area (Å²) in [4.78, 5) is 17.6. The van der Waals surface area contributed by atoms with Crippen molar-refractivity contribution in [2.45, 2.75) is 6.42 Å². The highest BCUT2D eigenvalue weighted by Gasteiger charge is 2.11. The van der Waals surface area contributed by atoms with Gasteiger partial charge in [-0.3, -0.25) is 4.79 Å². The van der Waals surface area contributed by atoms with E-state index >= 15 is 0 Å². The van der Waals surface area contributed by atoms with Gasteiger partial charge in [-0.1, -0.05) is 12.1 Å². The number of likely N-dealkylation sites (N-methyl/N-ethyl adjacent to an activating group) is 1. The van der Waals surface area contributed by atoms with Crippen LogP contribution in [0, 0.1) is 5.82 Å². The van der Waals surface area contributed by atoms with Gasteiger partial charge in [-0.15, -0.1) is 11.3 Å². The fourth-order valence-corrected chi connectivity index (χ4v) is 2.19. The maximum absolute atomic E-state index is 13.3. The third-order valence-corrected chi connectivity index (χ3v) is 3.60. The number of amides is 1. The maximum atomic E-state index is 13.3. The smallest absolute Gasteiger partial charge is 0.260 e. The topological polar surface area (TPSA) is 42.4 Å². The molecule has 2 aromatic rings. The zero-order valence-corrected chi connectivity index (χ0v) is 11.9. The number of ether oxygens (including phenoxy) is 1. The van der Waals surface area contributed by atoms with Crippen molar-refractivity contribution in [3.8, 4) is 5.75 Å². The second-order valence-electron chi connectivity index (χ2n) is 4.21. The predicted molar refractivity (Wildman–Crippen MR) is 75.4 cm³/mol. The summed E-state index contributed by atoms with van der Waals surface area (Å²) in [5.74, 6) is -0.565. The first kappa shape index (κ1) is 14.5. The van der Waals surface area contributed by atoms with Crippen molar-refractivity contribution in [3.63, 3.8) is 0 Å². The summed E-state index contributed by atoms with van der Waals surface area (Å²) in [6, 6.07) is 6.03. The molecule has 0 saturated carbocycles. The van der Waals surface area contributed by atoms with E-state index in [1.807, 2.05) is 5.38 Å². The second kappa shape index (κ2) is 7.00. The first-order valence-corrected chi connectivity index (χ1v) is 7.04. The molecule has 20 heavy (non-hydrogen) atoms. The Kier molecular flexibility index (Phi) is 5.06. The Morgan fingerprint density at radius 2 is 2.25 bits per heavy atom. The Morgan fingerprint density at radius 1 is 1.45 bits per heavy atom. The van der Waals surface area contributed by atoms with Crippen LogP contribution in [0.15, 0.2) is 35.8 Å². The quantitative estimate of drug-likeness (QED) is 0.821. The first-order chi connectivity index (χ1) is 9.66. The number of hydrogen-bond acceptors (Lipinski definition) is 4. The lowest BCUT2D eigenvalue weighted by atomic mass is 10.3. The Hall–Kier alpha value is -1.95. The molecule has 106 valence electrons. The summed E-state index contributed by atoms with van der Waals surface area (Å²) in [5.41, 5.74) is 0. The largest absolute Gasteiger partial charge is 0.481 e. The van der Waals surface area contributed by atoms with E-state index in [2.05, 4.69) is 4.98 Å². The molecule has 2 rings (SSSR count). The summed E-state index contributed by atoms with van der Waals surface area (Å²) in [7, 11) is 1.70. The van der Waals surface area contributed by atoms with E-state index < -0.39 is 5.82 Å². The van der Waals surface area contributed by atoms with Gasteiger partial charge in [0.25, 0.3) is 5.91 Å². The van der Waals surface area contributed by atoms with Gasteiger partial charge in [0.1, 0.15) is 0 Å². The van der Waals surface area contributed by atoms with Crippen LogP contribution in [0.2, 0.25) is 0 Å². The molecule has 0 unspecified atom stereocenters. The summed E-state index contributed by atoms with van der Waals surface area (Å²) in [6.45, 7) is 0.391. The molecule has 1 amide bonds. The monoisotopic (exact) mass is 294 g/mol. The molecule has 0 radical (unpaired) electrons. The van der Waals surface area contributed by atoms with Crippen LogP contribution in [0.3, 0.4) is 0 Å². The van der Waals surface area contributed by atoms with E-state index in [0.29, 0.717) is 13.0 Å². The van der Waals surface area contributed by atoms with E-state index in [1.54, 1.807) is 41.6 Å². The van der Waals surface area contributed by atoms with Gasteiger partial charge >= 0.3 is 0 Å². The number of hydrogen-bond donors (Lipinski definition) is 0. The third kappa shape index (κ3) is 4.03. The van der Waals surface area contributed by atoms with Gasteiger partial charge < -0.3 is 9.64 Å². The van der Waals surface area contributed by atoms with E-state index in [0.717, 1.165) is 5.01 Å². The number of rotatable bonds is 6. The Morgan fingerprint density at radius 3 is 2.95 bits per heavy atom. The zero-order chi connectivity index (χ0) is 14.4. The van der Waals surface area contributed by atoms with Crippen molar-refractivity contribution in [1.82, 2.24) is 9.88 Å². The van der Waals surface area contributed by atoms with Crippen LogP contribution < -0.4 is 4.74 Å². The lowest BCUT2D eigenvalue weighted by molar-refractivity contribution is -0.132. The Balaban J connectivity index is 1.78.